The van der Waals surface area contributed by atoms with Crippen LogP contribution in [0.5, 0.6) is 0 Å². The first-order valence-corrected chi connectivity index (χ1v) is 12.9. The Hall–Kier alpha value is -3.23. The van der Waals surface area contributed by atoms with Crippen molar-refractivity contribution in [2.75, 3.05) is 25.5 Å². The van der Waals surface area contributed by atoms with Crippen molar-refractivity contribution in [2.45, 2.75) is 51.4 Å². The van der Waals surface area contributed by atoms with Crippen molar-refractivity contribution in [1.29, 1.82) is 0 Å². The number of aliphatic hydroxyl groups is 1. The number of benzene rings is 3. The van der Waals surface area contributed by atoms with E-state index in [9.17, 15) is 9.90 Å². The van der Waals surface area contributed by atoms with Crippen LogP contribution in [0.4, 0.5) is 10.5 Å². The normalized spacial score (nSPS) is 20.4. The van der Waals surface area contributed by atoms with Gasteiger partial charge in [0, 0.05) is 36.8 Å². The summed E-state index contributed by atoms with van der Waals surface area (Å²) < 4.78 is 12.9. The number of likely N-dealkylation sites (N-methyl/N-ethyl adjacent to an activating group) is 1. The van der Waals surface area contributed by atoms with E-state index in [-0.39, 0.29) is 30.9 Å². The zero-order chi connectivity index (χ0) is 26.2. The Morgan fingerprint density at radius 2 is 1.68 bits per heavy atom. The fourth-order valence-electron chi connectivity index (χ4n) is 4.56. The molecule has 0 radical (unpaired) electrons. The predicted octanol–water partition coefficient (Wildman–Crippen LogP) is 5.56. The number of rotatable bonds is 9. The second-order valence-corrected chi connectivity index (χ2v) is 9.48. The van der Waals surface area contributed by atoms with Crippen molar-refractivity contribution in [1.82, 2.24) is 10.2 Å². The van der Waals surface area contributed by atoms with Crippen LogP contribution < -0.4 is 10.6 Å². The van der Waals surface area contributed by atoms with E-state index in [4.69, 9.17) is 9.47 Å². The van der Waals surface area contributed by atoms with Crippen LogP contribution in [0.3, 0.4) is 0 Å². The molecule has 1 saturated heterocycles. The maximum atomic E-state index is 11.9. The Morgan fingerprint density at radius 3 is 2.32 bits per heavy atom. The van der Waals surface area contributed by atoms with Crippen LogP contribution in [0.2, 0.25) is 0 Å². The number of hydrogen-bond donors (Lipinski definition) is 3. The van der Waals surface area contributed by atoms with Crippen LogP contribution in [0, 0.1) is 0 Å². The molecule has 196 valence electrons. The highest BCUT2D eigenvalue weighted by molar-refractivity contribution is 5.89. The second kappa shape index (κ2) is 12.8. The van der Waals surface area contributed by atoms with Gasteiger partial charge in [-0.3, -0.25) is 4.90 Å². The smallest absolute Gasteiger partial charge is 0.319 e. The first-order chi connectivity index (χ1) is 18.0. The van der Waals surface area contributed by atoms with Gasteiger partial charge in [-0.25, -0.2) is 4.79 Å². The molecule has 4 rings (SSSR count). The van der Waals surface area contributed by atoms with E-state index in [1.54, 1.807) is 0 Å². The Labute approximate surface area is 219 Å². The third-order valence-corrected chi connectivity index (χ3v) is 6.83. The van der Waals surface area contributed by atoms with Crippen LogP contribution in [-0.2, 0) is 16.1 Å². The fraction of sp³-hybridized carbons (Fsp3) is 0.367. The summed E-state index contributed by atoms with van der Waals surface area (Å²) in [5.74, 6) is 0. The Balaban J connectivity index is 1.51. The van der Waals surface area contributed by atoms with E-state index < -0.39 is 6.29 Å². The van der Waals surface area contributed by atoms with E-state index in [0.717, 1.165) is 29.7 Å². The topological polar surface area (TPSA) is 83.1 Å². The molecule has 37 heavy (non-hydrogen) atoms. The van der Waals surface area contributed by atoms with Gasteiger partial charge in [0.15, 0.2) is 6.29 Å². The van der Waals surface area contributed by atoms with Crippen molar-refractivity contribution < 1.29 is 19.4 Å². The van der Waals surface area contributed by atoms with Crippen LogP contribution in [0.25, 0.3) is 0 Å². The maximum absolute atomic E-state index is 11.9. The Kier molecular flexibility index (Phi) is 9.30. The summed E-state index contributed by atoms with van der Waals surface area (Å²) in [5, 5.41) is 15.0. The molecule has 0 aromatic heterocycles. The molecular formula is C30H37N3O4. The van der Waals surface area contributed by atoms with E-state index in [1.165, 1.54) is 5.56 Å². The van der Waals surface area contributed by atoms with Crippen molar-refractivity contribution in [3.8, 4) is 0 Å². The monoisotopic (exact) mass is 503 g/mol. The second-order valence-electron chi connectivity index (χ2n) is 9.48. The minimum atomic E-state index is -0.541. The molecule has 4 atom stereocenters. The average molecular weight is 504 g/mol. The lowest BCUT2D eigenvalue weighted by molar-refractivity contribution is -0.253. The third-order valence-electron chi connectivity index (χ3n) is 6.83. The summed E-state index contributed by atoms with van der Waals surface area (Å²) in [7, 11) is 2.12. The van der Waals surface area contributed by atoms with Crippen molar-refractivity contribution in [2.24, 2.45) is 0 Å². The molecule has 3 N–H and O–H groups in total. The van der Waals surface area contributed by atoms with E-state index >= 15 is 0 Å². The van der Waals surface area contributed by atoms with Gasteiger partial charge in [0.25, 0.3) is 0 Å². The number of urea groups is 1. The van der Waals surface area contributed by atoms with Crippen molar-refractivity contribution >= 4 is 11.7 Å². The number of anilines is 1. The molecule has 0 aliphatic carbocycles. The average Bonchev–Trinajstić information content (AvgIpc) is 2.93. The van der Waals surface area contributed by atoms with Crippen LogP contribution in [0.15, 0.2) is 78.9 Å². The van der Waals surface area contributed by atoms with E-state index in [0.29, 0.717) is 12.2 Å². The quantitative estimate of drug-likeness (QED) is 0.356. The number of hydrogen-bond acceptors (Lipinski definition) is 5. The van der Waals surface area contributed by atoms with Gasteiger partial charge in [0.1, 0.15) is 0 Å². The molecule has 0 spiro atoms. The summed E-state index contributed by atoms with van der Waals surface area (Å²) in [6, 6.07) is 26.0. The lowest BCUT2D eigenvalue weighted by Crippen LogP contribution is -2.38. The summed E-state index contributed by atoms with van der Waals surface area (Å²) in [6.45, 7) is 5.41. The molecule has 1 heterocycles. The van der Waals surface area contributed by atoms with Crippen LogP contribution >= 0.6 is 0 Å². The first kappa shape index (κ1) is 26.8. The van der Waals surface area contributed by atoms with E-state index in [1.807, 2.05) is 61.5 Å². The molecule has 0 unspecified atom stereocenters. The highest BCUT2D eigenvalue weighted by Crippen LogP contribution is 2.38. The van der Waals surface area contributed by atoms with Crippen LogP contribution in [-0.4, -0.2) is 42.3 Å². The number of amides is 2. The fourth-order valence-corrected chi connectivity index (χ4v) is 4.56. The van der Waals surface area contributed by atoms with Gasteiger partial charge in [-0.1, -0.05) is 66.7 Å². The zero-order valence-electron chi connectivity index (χ0n) is 21.8. The van der Waals surface area contributed by atoms with Gasteiger partial charge in [-0.2, -0.15) is 0 Å². The maximum Gasteiger partial charge on any atom is 0.319 e. The first-order valence-electron chi connectivity index (χ1n) is 12.9. The van der Waals surface area contributed by atoms with Gasteiger partial charge < -0.3 is 25.2 Å². The SMILES string of the molecule is CCNC(=O)Nc1ccc([C@H]2O[C@@H](CN(C)[C@@H](C)c3ccccc3)C[C@@H](c3ccc(CO)cc3)O2)cc1. The molecule has 1 aliphatic rings. The molecule has 7 nitrogen and oxygen atoms in total. The molecule has 3 aromatic carbocycles. The molecular weight excluding hydrogens is 466 g/mol. The lowest BCUT2D eigenvalue weighted by atomic mass is 9.99. The standard InChI is InChI=1S/C30H37N3O4/c1-4-31-30(35)32-26-16-14-25(15-17-26)29-36-27(19-33(3)21(2)23-8-6-5-7-9-23)18-28(37-29)24-12-10-22(20-34)11-13-24/h5-17,21,27-29,34H,4,18-20H2,1-3H3,(H2,31,32,35)/t21-,27+,28-,29-/m0/s1. The summed E-state index contributed by atoms with van der Waals surface area (Å²) in [4.78, 5) is 14.2. The van der Waals surface area contributed by atoms with Gasteiger partial charge in [-0.15, -0.1) is 0 Å². The number of carbonyl (C=O) groups excluding carboxylic acids is 1. The molecule has 0 saturated carbocycles. The summed E-state index contributed by atoms with van der Waals surface area (Å²) in [5.41, 5.74) is 4.79. The van der Waals surface area contributed by atoms with Crippen molar-refractivity contribution in [3.05, 3.63) is 101 Å². The summed E-state index contributed by atoms with van der Waals surface area (Å²) >= 11 is 0. The molecule has 1 fully saturated rings. The molecule has 3 aromatic rings. The molecule has 1 aliphatic heterocycles. The van der Waals surface area contributed by atoms with Gasteiger partial charge in [-0.05, 0) is 49.7 Å². The third kappa shape index (κ3) is 7.17. The number of nitrogens with zero attached hydrogens (tertiary/aromatic N) is 1. The van der Waals surface area contributed by atoms with Gasteiger partial charge in [0.2, 0.25) is 0 Å². The highest BCUT2D eigenvalue weighted by atomic mass is 16.7. The number of carbonyl (C=O) groups is 1. The predicted molar refractivity (Wildman–Crippen MR) is 145 cm³/mol. The molecule has 7 heteroatoms. The highest BCUT2D eigenvalue weighted by Gasteiger charge is 2.33. The zero-order valence-corrected chi connectivity index (χ0v) is 21.8. The molecule has 0 bridgehead atoms. The minimum absolute atomic E-state index is 0.0129. The lowest BCUT2D eigenvalue weighted by Gasteiger charge is -2.39. The Bertz CT molecular complexity index is 1120. The van der Waals surface area contributed by atoms with Gasteiger partial charge >= 0.3 is 6.03 Å². The summed E-state index contributed by atoms with van der Waals surface area (Å²) in [6.07, 6.45) is -0.0201. The molecule has 2 amide bonds. The number of ether oxygens (including phenoxy) is 2. The van der Waals surface area contributed by atoms with Crippen LogP contribution in [0.1, 0.15) is 61.0 Å². The number of nitrogens with one attached hydrogen (secondary N) is 2. The largest absolute Gasteiger partial charge is 0.392 e. The van der Waals surface area contributed by atoms with Crippen molar-refractivity contribution in [3.63, 3.8) is 0 Å². The van der Waals surface area contributed by atoms with E-state index in [2.05, 4.69) is 53.8 Å². The number of aliphatic hydroxyl groups excluding tert-OH is 1. The Morgan fingerprint density at radius 1 is 1.00 bits per heavy atom. The van der Waals surface area contributed by atoms with Gasteiger partial charge in [0.05, 0.1) is 18.8 Å². The minimum Gasteiger partial charge on any atom is -0.392 e.